The van der Waals surface area contributed by atoms with Crippen LogP contribution in [0.1, 0.15) is 24.5 Å². The number of para-hydroxylation sites is 2. The molecule has 1 aliphatic heterocycles. The van der Waals surface area contributed by atoms with Crippen molar-refractivity contribution in [3.05, 3.63) is 59.7 Å². The number of nitrogens with zero attached hydrogens (tertiary/aromatic N) is 2. The van der Waals surface area contributed by atoms with Crippen LogP contribution >= 0.6 is 0 Å². The maximum Gasteiger partial charge on any atom is 0.265 e. The summed E-state index contributed by atoms with van der Waals surface area (Å²) < 4.78 is 5.49. The molecule has 0 radical (unpaired) electrons. The first-order valence-corrected chi connectivity index (χ1v) is 9.77. The quantitative estimate of drug-likeness (QED) is 0.440. The minimum absolute atomic E-state index is 0.00118. The average molecular weight is 380 g/mol. The van der Waals surface area contributed by atoms with E-state index in [2.05, 4.69) is 46.8 Å². The molecule has 0 unspecified atom stereocenters. The van der Waals surface area contributed by atoms with Crippen molar-refractivity contribution >= 4 is 17.6 Å². The Labute approximate surface area is 166 Å². The van der Waals surface area contributed by atoms with E-state index in [-0.39, 0.29) is 12.5 Å². The van der Waals surface area contributed by atoms with Crippen molar-refractivity contribution in [3.8, 4) is 5.75 Å². The maximum absolute atomic E-state index is 12.2. The number of anilines is 1. The number of ether oxygens (including phenoxy) is 1. The minimum Gasteiger partial charge on any atom is -0.482 e. The van der Waals surface area contributed by atoms with Gasteiger partial charge in [0.1, 0.15) is 5.75 Å². The van der Waals surface area contributed by atoms with E-state index in [4.69, 9.17) is 4.74 Å². The Morgan fingerprint density at radius 3 is 2.86 bits per heavy atom. The largest absolute Gasteiger partial charge is 0.482 e. The zero-order valence-electron chi connectivity index (χ0n) is 16.6. The summed E-state index contributed by atoms with van der Waals surface area (Å²) in [5, 5.41) is 6.62. The van der Waals surface area contributed by atoms with Crippen LogP contribution in [0.25, 0.3) is 0 Å². The molecule has 28 heavy (non-hydrogen) atoms. The van der Waals surface area contributed by atoms with Gasteiger partial charge in [0.05, 0.1) is 12.2 Å². The normalized spacial score (nSPS) is 13.7. The average Bonchev–Trinajstić information content (AvgIpc) is 2.70. The van der Waals surface area contributed by atoms with Gasteiger partial charge in [-0.1, -0.05) is 42.0 Å². The molecule has 1 aliphatic rings. The van der Waals surface area contributed by atoms with Crippen LogP contribution in [0.15, 0.2) is 53.5 Å². The van der Waals surface area contributed by atoms with Gasteiger partial charge in [-0.3, -0.25) is 4.79 Å². The van der Waals surface area contributed by atoms with Gasteiger partial charge in [0.25, 0.3) is 5.91 Å². The molecule has 0 bridgehead atoms. The predicted octanol–water partition coefficient (Wildman–Crippen LogP) is 2.87. The number of hydrogen-bond donors (Lipinski definition) is 2. The second kappa shape index (κ2) is 9.78. The van der Waals surface area contributed by atoms with E-state index in [0.717, 1.165) is 36.9 Å². The van der Waals surface area contributed by atoms with Crippen molar-refractivity contribution in [2.24, 2.45) is 4.99 Å². The Bertz CT molecular complexity index is 835. The number of amides is 1. The van der Waals surface area contributed by atoms with Crippen LogP contribution in [0.5, 0.6) is 5.75 Å². The lowest BCUT2D eigenvalue weighted by atomic mass is 10.1. The molecule has 0 saturated carbocycles. The standard InChI is InChI=1S/C22H28N4O2/c1-3-23-22(25-15-18-9-6-8-17(2)14-18)24-12-7-13-26-19-10-4-5-11-20(19)28-16-21(26)27/h4-6,8-11,14H,3,7,12-13,15-16H2,1-2H3,(H2,23,24,25). The number of hydrogen-bond acceptors (Lipinski definition) is 3. The Kier molecular flexibility index (Phi) is 6.89. The van der Waals surface area contributed by atoms with Crippen LogP contribution in [0, 0.1) is 6.92 Å². The molecule has 0 aliphatic carbocycles. The summed E-state index contributed by atoms with van der Waals surface area (Å²) in [5.74, 6) is 1.56. The number of carbonyl (C=O) groups excluding carboxylic acids is 1. The van der Waals surface area contributed by atoms with Crippen LogP contribution in [-0.2, 0) is 11.3 Å². The molecular weight excluding hydrogens is 352 g/mol. The fraction of sp³-hybridized carbons (Fsp3) is 0.364. The van der Waals surface area contributed by atoms with E-state index in [1.165, 1.54) is 11.1 Å². The van der Waals surface area contributed by atoms with E-state index < -0.39 is 0 Å². The van der Waals surface area contributed by atoms with Gasteiger partial charge in [-0.2, -0.15) is 0 Å². The summed E-state index contributed by atoms with van der Waals surface area (Å²) in [6.07, 6.45) is 0.814. The summed E-state index contributed by atoms with van der Waals surface area (Å²) in [4.78, 5) is 18.7. The first kappa shape index (κ1) is 19.7. The zero-order chi connectivity index (χ0) is 19.8. The zero-order valence-corrected chi connectivity index (χ0v) is 16.6. The van der Waals surface area contributed by atoms with Crippen LogP contribution in [0.2, 0.25) is 0 Å². The van der Waals surface area contributed by atoms with E-state index in [0.29, 0.717) is 13.1 Å². The molecule has 0 aromatic heterocycles. The van der Waals surface area contributed by atoms with Gasteiger partial charge in [-0.25, -0.2) is 4.99 Å². The highest BCUT2D eigenvalue weighted by Gasteiger charge is 2.24. The topological polar surface area (TPSA) is 66.0 Å². The van der Waals surface area contributed by atoms with Crippen LogP contribution in [0.4, 0.5) is 5.69 Å². The van der Waals surface area contributed by atoms with Crippen molar-refractivity contribution in [1.82, 2.24) is 10.6 Å². The molecule has 1 heterocycles. The Morgan fingerprint density at radius 1 is 1.18 bits per heavy atom. The number of nitrogens with one attached hydrogen (secondary N) is 2. The van der Waals surface area contributed by atoms with E-state index >= 15 is 0 Å². The van der Waals surface area contributed by atoms with Crippen molar-refractivity contribution in [2.45, 2.75) is 26.8 Å². The molecule has 148 valence electrons. The summed E-state index contributed by atoms with van der Waals surface area (Å²) in [6, 6.07) is 16.0. The molecule has 2 N–H and O–H groups in total. The molecule has 3 rings (SSSR count). The fourth-order valence-corrected chi connectivity index (χ4v) is 3.17. The molecule has 6 heteroatoms. The van der Waals surface area contributed by atoms with E-state index in [1.807, 2.05) is 31.2 Å². The number of aliphatic imine (C=N–C) groups is 1. The Morgan fingerprint density at radius 2 is 2.04 bits per heavy atom. The second-order valence-corrected chi connectivity index (χ2v) is 6.77. The SMILES string of the molecule is CCNC(=NCc1cccc(C)c1)NCCCN1C(=O)COc2ccccc21. The lowest BCUT2D eigenvalue weighted by Crippen LogP contribution is -2.42. The first-order valence-electron chi connectivity index (χ1n) is 9.77. The van der Waals surface area contributed by atoms with Gasteiger partial charge >= 0.3 is 0 Å². The highest BCUT2D eigenvalue weighted by atomic mass is 16.5. The molecule has 6 nitrogen and oxygen atoms in total. The molecule has 0 saturated heterocycles. The first-order chi connectivity index (χ1) is 13.7. The highest BCUT2D eigenvalue weighted by Crippen LogP contribution is 2.31. The van der Waals surface area contributed by atoms with Crippen molar-refractivity contribution in [1.29, 1.82) is 0 Å². The number of rotatable bonds is 7. The van der Waals surface area contributed by atoms with Crippen molar-refractivity contribution in [2.75, 3.05) is 31.1 Å². The van der Waals surface area contributed by atoms with E-state index in [1.54, 1.807) is 4.90 Å². The van der Waals surface area contributed by atoms with Crippen LogP contribution in [-0.4, -0.2) is 38.1 Å². The van der Waals surface area contributed by atoms with Crippen LogP contribution < -0.4 is 20.3 Å². The van der Waals surface area contributed by atoms with Crippen molar-refractivity contribution in [3.63, 3.8) is 0 Å². The summed E-state index contributed by atoms with van der Waals surface area (Å²) in [5.41, 5.74) is 3.27. The Balaban J connectivity index is 1.52. The third-order valence-electron chi connectivity index (χ3n) is 4.51. The number of carbonyl (C=O) groups is 1. The third-order valence-corrected chi connectivity index (χ3v) is 4.51. The molecular formula is C22H28N4O2. The predicted molar refractivity (Wildman–Crippen MR) is 113 cm³/mol. The summed E-state index contributed by atoms with van der Waals surface area (Å²) in [6.45, 7) is 7.04. The molecule has 1 amide bonds. The van der Waals surface area contributed by atoms with Gasteiger partial charge in [0.2, 0.25) is 0 Å². The van der Waals surface area contributed by atoms with Gasteiger partial charge in [0.15, 0.2) is 12.6 Å². The molecule has 0 spiro atoms. The van der Waals surface area contributed by atoms with E-state index in [9.17, 15) is 4.79 Å². The summed E-state index contributed by atoms with van der Waals surface area (Å²) in [7, 11) is 0. The van der Waals surface area contributed by atoms with Gasteiger partial charge in [-0.05, 0) is 38.0 Å². The number of benzene rings is 2. The Hall–Kier alpha value is -3.02. The monoisotopic (exact) mass is 380 g/mol. The third kappa shape index (κ3) is 5.25. The van der Waals surface area contributed by atoms with Gasteiger partial charge in [0, 0.05) is 19.6 Å². The number of aryl methyl sites for hydroxylation is 1. The smallest absolute Gasteiger partial charge is 0.265 e. The second-order valence-electron chi connectivity index (χ2n) is 6.77. The lowest BCUT2D eigenvalue weighted by Gasteiger charge is -2.29. The maximum atomic E-state index is 12.2. The molecule has 0 atom stereocenters. The van der Waals surface area contributed by atoms with Crippen molar-refractivity contribution < 1.29 is 9.53 Å². The molecule has 2 aromatic rings. The number of guanidine groups is 1. The summed E-state index contributed by atoms with van der Waals surface area (Å²) >= 11 is 0. The lowest BCUT2D eigenvalue weighted by molar-refractivity contribution is -0.121. The van der Waals surface area contributed by atoms with Gasteiger partial charge < -0.3 is 20.3 Å². The van der Waals surface area contributed by atoms with Gasteiger partial charge in [-0.15, -0.1) is 0 Å². The highest BCUT2D eigenvalue weighted by molar-refractivity contribution is 5.97. The number of fused-ring (bicyclic) bond motifs is 1. The molecule has 2 aromatic carbocycles. The minimum atomic E-state index is -0.00118. The fourth-order valence-electron chi connectivity index (χ4n) is 3.17. The van der Waals surface area contributed by atoms with Crippen LogP contribution in [0.3, 0.4) is 0 Å². The molecule has 0 fully saturated rings.